The molecule has 2 heterocycles. The SMILES string of the molecule is Cc1nnnn1-c1cccc(C(=O)N2CCC(NC(=O)OC(C)(C)C)CC2)c1. The van der Waals surface area contributed by atoms with Gasteiger partial charge in [0.2, 0.25) is 0 Å². The second-order valence-corrected chi connectivity index (χ2v) is 7.90. The van der Waals surface area contributed by atoms with Gasteiger partial charge in [0.15, 0.2) is 5.82 Å². The molecule has 2 aromatic rings. The molecule has 0 atom stereocenters. The molecule has 0 bridgehead atoms. The zero-order valence-electron chi connectivity index (χ0n) is 16.7. The van der Waals surface area contributed by atoms with Crippen LogP contribution in [0, 0.1) is 6.92 Å². The van der Waals surface area contributed by atoms with Gasteiger partial charge in [0.05, 0.1) is 5.69 Å². The minimum absolute atomic E-state index is 0.00843. The number of carbonyl (C=O) groups is 2. The highest BCUT2D eigenvalue weighted by molar-refractivity contribution is 5.94. The maximum atomic E-state index is 12.9. The lowest BCUT2D eigenvalue weighted by Crippen LogP contribution is -2.47. The van der Waals surface area contributed by atoms with Crippen molar-refractivity contribution in [2.24, 2.45) is 0 Å². The zero-order chi connectivity index (χ0) is 20.3. The third-order valence-corrected chi connectivity index (χ3v) is 4.47. The summed E-state index contributed by atoms with van der Waals surface area (Å²) in [5, 5.41) is 14.3. The van der Waals surface area contributed by atoms with Crippen LogP contribution in [0.2, 0.25) is 0 Å². The first-order chi connectivity index (χ1) is 13.2. The smallest absolute Gasteiger partial charge is 0.407 e. The molecule has 0 spiro atoms. The van der Waals surface area contributed by atoms with Crippen LogP contribution in [-0.4, -0.2) is 61.8 Å². The molecule has 1 aromatic carbocycles. The average Bonchev–Trinajstić information content (AvgIpc) is 3.06. The van der Waals surface area contributed by atoms with Crippen LogP contribution < -0.4 is 5.32 Å². The molecule has 0 saturated carbocycles. The Hall–Kier alpha value is -2.97. The number of hydrogen-bond acceptors (Lipinski definition) is 6. The van der Waals surface area contributed by atoms with Gasteiger partial charge < -0.3 is 15.0 Å². The fourth-order valence-corrected chi connectivity index (χ4v) is 3.12. The summed E-state index contributed by atoms with van der Waals surface area (Å²) in [7, 11) is 0. The highest BCUT2D eigenvalue weighted by Crippen LogP contribution is 2.17. The van der Waals surface area contributed by atoms with E-state index in [1.54, 1.807) is 28.6 Å². The number of piperidine rings is 1. The monoisotopic (exact) mass is 386 g/mol. The van der Waals surface area contributed by atoms with Crippen LogP contribution in [0.25, 0.3) is 5.69 Å². The molecule has 0 radical (unpaired) electrons. The summed E-state index contributed by atoms with van der Waals surface area (Å²) in [4.78, 5) is 26.6. The average molecular weight is 386 g/mol. The summed E-state index contributed by atoms with van der Waals surface area (Å²) < 4.78 is 6.88. The van der Waals surface area contributed by atoms with E-state index in [9.17, 15) is 9.59 Å². The minimum atomic E-state index is -0.524. The summed E-state index contributed by atoms with van der Waals surface area (Å²) in [6.07, 6.45) is 0.967. The van der Waals surface area contributed by atoms with Crippen molar-refractivity contribution in [3.05, 3.63) is 35.7 Å². The molecule has 9 nitrogen and oxygen atoms in total. The molecular weight excluding hydrogens is 360 g/mol. The van der Waals surface area contributed by atoms with E-state index in [0.29, 0.717) is 37.3 Å². The lowest BCUT2D eigenvalue weighted by molar-refractivity contribution is 0.0473. The Morgan fingerprint density at radius 1 is 1.21 bits per heavy atom. The highest BCUT2D eigenvalue weighted by atomic mass is 16.6. The lowest BCUT2D eigenvalue weighted by Gasteiger charge is -2.33. The number of aryl methyl sites for hydroxylation is 1. The quantitative estimate of drug-likeness (QED) is 0.867. The van der Waals surface area contributed by atoms with Gasteiger partial charge in [0, 0.05) is 24.7 Å². The van der Waals surface area contributed by atoms with Crippen molar-refractivity contribution in [3.8, 4) is 5.69 Å². The second-order valence-electron chi connectivity index (χ2n) is 7.90. The topological polar surface area (TPSA) is 102 Å². The fourth-order valence-electron chi connectivity index (χ4n) is 3.12. The molecule has 1 aromatic heterocycles. The number of likely N-dealkylation sites (tertiary alicyclic amines) is 1. The van der Waals surface area contributed by atoms with Gasteiger partial charge in [0.1, 0.15) is 5.60 Å². The predicted octanol–water partition coefficient (Wildman–Crippen LogP) is 2.10. The van der Waals surface area contributed by atoms with Crippen molar-refractivity contribution in [2.45, 2.75) is 52.2 Å². The summed E-state index contributed by atoms with van der Waals surface area (Å²) in [6, 6.07) is 7.26. The molecule has 3 rings (SSSR count). The number of alkyl carbamates (subject to hydrolysis) is 1. The second kappa shape index (κ2) is 7.95. The van der Waals surface area contributed by atoms with E-state index >= 15 is 0 Å². The van der Waals surface area contributed by atoms with E-state index in [1.807, 2.05) is 32.9 Å². The molecule has 1 saturated heterocycles. The van der Waals surface area contributed by atoms with Crippen LogP contribution in [0.3, 0.4) is 0 Å². The molecule has 0 unspecified atom stereocenters. The van der Waals surface area contributed by atoms with Crippen LogP contribution in [0.1, 0.15) is 49.8 Å². The molecule has 0 aliphatic carbocycles. The summed E-state index contributed by atoms with van der Waals surface area (Å²) >= 11 is 0. The van der Waals surface area contributed by atoms with Gasteiger partial charge in [-0.3, -0.25) is 4.79 Å². The normalized spacial score (nSPS) is 15.4. The zero-order valence-corrected chi connectivity index (χ0v) is 16.7. The maximum Gasteiger partial charge on any atom is 0.407 e. The number of ether oxygens (including phenoxy) is 1. The van der Waals surface area contributed by atoms with E-state index < -0.39 is 11.7 Å². The standard InChI is InChI=1S/C19H26N6O3/c1-13-21-22-23-25(13)16-7-5-6-14(12-16)17(26)24-10-8-15(9-11-24)20-18(27)28-19(2,3)4/h5-7,12,15H,8-11H2,1-4H3,(H,20,27). The maximum absolute atomic E-state index is 12.9. The molecule has 9 heteroatoms. The molecular formula is C19H26N6O3. The lowest BCUT2D eigenvalue weighted by atomic mass is 10.0. The number of aromatic nitrogens is 4. The Labute approximate surface area is 164 Å². The van der Waals surface area contributed by atoms with E-state index in [1.165, 1.54) is 0 Å². The number of tetrazole rings is 1. The van der Waals surface area contributed by atoms with Gasteiger partial charge >= 0.3 is 6.09 Å². The summed E-state index contributed by atoms with van der Waals surface area (Å²) in [6.45, 7) is 8.45. The largest absolute Gasteiger partial charge is 0.444 e. The van der Waals surface area contributed by atoms with E-state index in [0.717, 1.165) is 5.69 Å². The van der Waals surface area contributed by atoms with Crippen molar-refractivity contribution in [1.29, 1.82) is 0 Å². The third-order valence-electron chi connectivity index (χ3n) is 4.47. The Morgan fingerprint density at radius 3 is 2.54 bits per heavy atom. The Morgan fingerprint density at radius 2 is 1.93 bits per heavy atom. The van der Waals surface area contributed by atoms with Crippen LogP contribution in [0.15, 0.2) is 24.3 Å². The van der Waals surface area contributed by atoms with Gasteiger partial charge in [-0.15, -0.1) is 5.10 Å². The Bertz CT molecular complexity index is 849. The molecule has 1 aliphatic rings. The van der Waals surface area contributed by atoms with Gasteiger partial charge in [-0.1, -0.05) is 6.07 Å². The van der Waals surface area contributed by atoms with Gasteiger partial charge in [-0.2, -0.15) is 4.68 Å². The van der Waals surface area contributed by atoms with Crippen molar-refractivity contribution in [3.63, 3.8) is 0 Å². The first-order valence-corrected chi connectivity index (χ1v) is 9.37. The molecule has 1 fully saturated rings. The minimum Gasteiger partial charge on any atom is -0.444 e. The fraction of sp³-hybridized carbons (Fsp3) is 0.526. The summed E-state index contributed by atoms with van der Waals surface area (Å²) in [5.41, 5.74) is 0.810. The number of nitrogens with one attached hydrogen (secondary N) is 1. The molecule has 1 aliphatic heterocycles. The number of rotatable bonds is 3. The van der Waals surface area contributed by atoms with Crippen LogP contribution >= 0.6 is 0 Å². The number of carbonyl (C=O) groups excluding carboxylic acids is 2. The molecule has 1 N–H and O–H groups in total. The number of nitrogens with zero attached hydrogens (tertiary/aromatic N) is 5. The first-order valence-electron chi connectivity index (χ1n) is 9.37. The van der Waals surface area contributed by atoms with Crippen LogP contribution in [-0.2, 0) is 4.74 Å². The number of hydrogen-bond donors (Lipinski definition) is 1. The van der Waals surface area contributed by atoms with E-state index in [2.05, 4.69) is 20.8 Å². The van der Waals surface area contributed by atoms with Gasteiger partial charge in [-0.05, 0) is 69.2 Å². The predicted molar refractivity (Wildman–Crippen MR) is 102 cm³/mol. The molecule has 2 amide bonds. The van der Waals surface area contributed by atoms with Crippen LogP contribution in [0.4, 0.5) is 4.79 Å². The molecule has 150 valence electrons. The van der Waals surface area contributed by atoms with E-state index in [-0.39, 0.29) is 11.9 Å². The Balaban J connectivity index is 1.58. The van der Waals surface area contributed by atoms with Crippen molar-refractivity contribution < 1.29 is 14.3 Å². The Kier molecular flexibility index (Phi) is 5.62. The first kappa shape index (κ1) is 19.8. The number of amides is 2. The van der Waals surface area contributed by atoms with Crippen molar-refractivity contribution in [2.75, 3.05) is 13.1 Å². The van der Waals surface area contributed by atoms with Crippen LogP contribution in [0.5, 0.6) is 0 Å². The van der Waals surface area contributed by atoms with Gasteiger partial charge in [-0.25, -0.2) is 4.79 Å². The van der Waals surface area contributed by atoms with Gasteiger partial charge in [0.25, 0.3) is 5.91 Å². The third kappa shape index (κ3) is 4.85. The molecule has 28 heavy (non-hydrogen) atoms. The van der Waals surface area contributed by atoms with E-state index in [4.69, 9.17) is 4.74 Å². The number of benzene rings is 1. The summed E-state index contributed by atoms with van der Waals surface area (Å²) in [5.74, 6) is 0.613. The highest BCUT2D eigenvalue weighted by Gasteiger charge is 2.26. The van der Waals surface area contributed by atoms with Crippen molar-refractivity contribution >= 4 is 12.0 Å². The van der Waals surface area contributed by atoms with Crippen molar-refractivity contribution in [1.82, 2.24) is 30.4 Å².